The summed E-state index contributed by atoms with van der Waals surface area (Å²) >= 11 is 5.40. The molecule has 0 unspecified atom stereocenters. The van der Waals surface area contributed by atoms with E-state index in [0.29, 0.717) is 0 Å². The Balaban J connectivity index is 1.86. The van der Waals surface area contributed by atoms with Crippen molar-refractivity contribution in [1.29, 1.82) is 0 Å². The van der Waals surface area contributed by atoms with Gasteiger partial charge in [-0.3, -0.25) is 0 Å². The van der Waals surface area contributed by atoms with E-state index >= 15 is 0 Å². The van der Waals surface area contributed by atoms with Crippen LogP contribution in [0.3, 0.4) is 0 Å². The minimum atomic E-state index is 0.866. The average Bonchev–Trinajstić information content (AvgIpc) is 2.92. The van der Waals surface area contributed by atoms with Gasteiger partial charge in [-0.15, -0.1) is 11.3 Å². The van der Waals surface area contributed by atoms with Crippen LogP contribution in [0.1, 0.15) is 22.9 Å². The molecule has 1 N–H and O–H groups in total. The van der Waals surface area contributed by atoms with Crippen LogP contribution < -0.4 is 10.2 Å². The Morgan fingerprint density at radius 2 is 2.40 bits per heavy atom. The molecular formula is C15H18BrN3S. The number of halogens is 1. The lowest BCUT2D eigenvalue weighted by atomic mass is 10.1. The Morgan fingerprint density at radius 1 is 1.50 bits per heavy atom. The van der Waals surface area contributed by atoms with Crippen molar-refractivity contribution in [1.82, 2.24) is 10.3 Å². The number of anilines is 1. The molecule has 0 spiro atoms. The van der Waals surface area contributed by atoms with Crippen LogP contribution in [0.5, 0.6) is 0 Å². The van der Waals surface area contributed by atoms with Crippen molar-refractivity contribution in [2.24, 2.45) is 0 Å². The van der Waals surface area contributed by atoms with E-state index in [0.717, 1.165) is 42.9 Å². The number of hydrogen-bond acceptors (Lipinski definition) is 4. The van der Waals surface area contributed by atoms with Crippen molar-refractivity contribution >= 4 is 33.1 Å². The maximum absolute atomic E-state index is 4.65. The summed E-state index contributed by atoms with van der Waals surface area (Å²) in [6.45, 7) is 6.00. The third kappa shape index (κ3) is 2.90. The Bertz CT molecular complexity index is 597. The molecule has 0 aromatic carbocycles. The fraction of sp³-hybridized carbons (Fsp3) is 0.400. The first kappa shape index (κ1) is 14.0. The molecule has 3 rings (SSSR count). The first-order chi connectivity index (χ1) is 9.78. The van der Waals surface area contributed by atoms with Crippen LogP contribution in [0.25, 0.3) is 0 Å². The predicted molar refractivity (Wildman–Crippen MR) is 88.4 cm³/mol. The number of thiophene rings is 1. The minimum absolute atomic E-state index is 0.866. The van der Waals surface area contributed by atoms with Crippen LogP contribution in [0, 0.1) is 0 Å². The van der Waals surface area contributed by atoms with E-state index in [4.69, 9.17) is 0 Å². The lowest BCUT2D eigenvalue weighted by Crippen LogP contribution is -2.31. The van der Waals surface area contributed by atoms with Gasteiger partial charge in [0.15, 0.2) is 0 Å². The molecule has 2 aromatic rings. The van der Waals surface area contributed by atoms with Gasteiger partial charge < -0.3 is 10.2 Å². The zero-order chi connectivity index (χ0) is 13.9. The monoisotopic (exact) mass is 351 g/mol. The molecule has 3 heterocycles. The highest BCUT2D eigenvalue weighted by Gasteiger charge is 2.20. The smallest absolute Gasteiger partial charge is 0.133 e. The van der Waals surface area contributed by atoms with Gasteiger partial charge in [0.05, 0.1) is 0 Å². The van der Waals surface area contributed by atoms with Gasteiger partial charge >= 0.3 is 0 Å². The van der Waals surface area contributed by atoms with Crippen LogP contribution in [0.15, 0.2) is 28.2 Å². The summed E-state index contributed by atoms with van der Waals surface area (Å²) < 4.78 is 1.04. The summed E-state index contributed by atoms with van der Waals surface area (Å²) in [5, 5.41) is 5.60. The molecule has 5 heteroatoms. The highest BCUT2D eigenvalue weighted by molar-refractivity contribution is 9.10. The van der Waals surface area contributed by atoms with Gasteiger partial charge in [0, 0.05) is 40.7 Å². The average molecular weight is 352 g/mol. The highest BCUT2D eigenvalue weighted by Crippen LogP contribution is 2.29. The van der Waals surface area contributed by atoms with Gasteiger partial charge in [-0.05, 0) is 52.0 Å². The second-order valence-corrected chi connectivity index (χ2v) is 6.87. The fourth-order valence-corrected chi connectivity index (χ4v) is 3.85. The first-order valence-electron chi connectivity index (χ1n) is 6.93. The maximum atomic E-state index is 4.65. The van der Waals surface area contributed by atoms with Gasteiger partial charge in [-0.25, -0.2) is 4.98 Å². The Morgan fingerprint density at radius 3 is 3.25 bits per heavy atom. The second-order valence-electron chi connectivity index (χ2n) is 4.96. The van der Waals surface area contributed by atoms with Crippen molar-refractivity contribution in [3.05, 3.63) is 44.2 Å². The second kappa shape index (κ2) is 6.24. The first-order valence-corrected chi connectivity index (χ1v) is 8.60. The molecule has 0 fully saturated rings. The van der Waals surface area contributed by atoms with E-state index in [9.17, 15) is 0 Å². The van der Waals surface area contributed by atoms with E-state index in [1.807, 2.05) is 17.5 Å². The molecule has 0 bridgehead atoms. The lowest BCUT2D eigenvalue weighted by Gasteiger charge is -2.29. The van der Waals surface area contributed by atoms with Crippen molar-refractivity contribution in [3.63, 3.8) is 0 Å². The van der Waals surface area contributed by atoms with Gasteiger partial charge in [-0.1, -0.05) is 6.92 Å². The Labute approximate surface area is 132 Å². The quantitative estimate of drug-likeness (QED) is 0.912. The largest absolute Gasteiger partial charge is 0.352 e. The van der Waals surface area contributed by atoms with Gasteiger partial charge in [0.2, 0.25) is 0 Å². The van der Waals surface area contributed by atoms with Gasteiger partial charge in [0.1, 0.15) is 5.82 Å². The lowest BCUT2D eigenvalue weighted by molar-refractivity contribution is 0.695. The van der Waals surface area contributed by atoms with Gasteiger partial charge in [-0.2, -0.15) is 0 Å². The Hall–Kier alpha value is -0.910. The van der Waals surface area contributed by atoms with E-state index in [1.165, 1.54) is 16.0 Å². The molecule has 2 aromatic heterocycles. The zero-order valence-corrected chi connectivity index (χ0v) is 13.9. The number of fused-ring (bicyclic) bond motifs is 1. The van der Waals surface area contributed by atoms with Crippen molar-refractivity contribution in [2.75, 3.05) is 18.0 Å². The number of hydrogen-bond donors (Lipinski definition) is 1. The molecule has 0 saturated heterocycles. The summed E-state index contributed by atoms with van der Waals surface area (Å²) in [5.74, 6) is 1.12. The summed E-state index contributed by atoms with van der Waals surface area (Å²) in [5.41, 5.74) is 2.72. The highest BCUT2D eigenvalue weighted by atomic mass is 79.9. The van der Waals surface area contributed by atoms with Gasteiger partial charge in [0.25, 0.3) is 0 Å². The van der Waals surface area contributed by atoms with E-state index in [-0.39, 0.29) is 0 Å². The number of pyridine rings is 1. The normalized spacial score (nSPS) is 14.4. The van der Waals surface area contributed by atoms with Crippen LogP contribution in [0.2, 0.25) is 0 Å². The predicted octanol–water partition coefficient (Wildman–Crippen LogP) is 3.58. The van der Waals surface area contributed by atoms with E-state index in [1.54, 1.807) is 0 Å². The third-order valence-electron chi connectivity index (χ3n) is 3.58. The molecule has 0 radical (unpaired) electrons. The molecule has 0 saturated carbocycles. The molecule has 20 heavy (non-hydrogen) atoms. The number of rotatable bonds is 4. The standard InChI is InChI=1S/C15H18BrN3S/c1-2-17-8-12-7-13(16)9-18-15(12)19-5-3-14-11(10-19)4-6-20-14/h4,6-7,9,17H,2-3,5,8,10H2,1H3. The molecule has 0 aliphatic carbocycles. The molecule has 3 nitrogen and oxygen atoms in total. The maximum Gasteiger partial charge on any atom is 0.133 e. The topological polar surface area (TPSA) is 28.2 Å². The molecule has 106 valence electrons. The third-order valence-corrected chi connectivity index (χ3v) is 5.04. The van der Waals surface area contributed by atoms with Crippen LogP contribution >= 0.6 is 27.3 Å². The fourth-order valence-electron chi connectivity index (χ4n) is 2.58. The van der Waals surface area contributed by atoms with E-state index in [2.05, 4.69) is 55.6 Å². The zero-order valence-electron chi connectivity index (χ0n) is 11.5. The van der Waals surface area contributed by atoms with Crippen molar-refractivity contribution in [3.8, 4) is 0 Å². The van der Waals surface area contributed by atoms with Crippen LogP contribution in [0.4, 0.5) is 5.82 Å². The number of nitrogens with one attached hydrogen (secondary N) is 1. The summed E-state index contributed by atoms with van der Waals surface area (Å²) in [6, 6.07) is 4.42. The summed E-state index contributed by atoms with van der Waals surface area (Å²) in [6.07, 6.45) is 3.03. The van der Waals surface area contributed by atoms with Crippen LogP contribution in [-0.2, 0) is 19.5 Å². The number of aromatic nitrogens is 1. The molecular weight excluding hydrogens is 334 g/mol. The summed E-state index contributed by atoms with van der Waals surface area (Å²) in [7, 11) is 0. The van der Waals surface area contributed by atoms with Crippen LogP contribution in [-0.4, -0.2) is 18.1 Å². The minimum Gasteiger partial charge on any atom is -0.352 e. The summed E-state index contributed by atoms with van der Waals surface area (Å²) in [4.78, 5) is 8.59. The molecule has 1 aliphatic rings. The molecule has 0 amide bonds. The molecule has 1 aliphatic heterocycles. The van der Waals surface area contributed by atoms with E-state index < -0.39 is 0 Å². The number of nitrogens with zero attached hydrogens (tertiary/aromatic N) is 2. The van der Waals surface area contributed by atoms with Crippen molar-refractivity contribution < 1.29 is 0 Å². The van der Waals surface area contributed by atoms with Crippen molar-refractivity contribution in [2.45, 2.75) is 26.4 Å². The molecule has 0 atom stereocenters. The SMILES string of the molecule is CCNCc1cc(Br)cnc1N1CCc2sccc2C1. The Kier molecular flexibility index (Phi) is 4.38.